The molecule has 0 unspecified atom stereocenters. The topological polar surface area (TPSA) is 63.5 Å². The summed E-state index contributed by atoms with van der Waals surface area (Å²) in [5, 5.41) is 10.5. The van der Waals surface area contributed by atoms with Gasteiger partial charge in [-0.1, -0.05) is 12.1 Å². The van der Waals surface area contributed by atoms with Gasteiger partial charge in [0, 0.05) is 36.0 Å². The van der Waals surface area contributed by atoms with E-state index in [0.717, 1.165) is 4.90 Å². The summed E-state index contributed by atoms with van der Waals surface area (Å²) >= 11 is 0. The van der Waals surface area contributed by atoms with Gasteiger partial charge in [-0.2, -0.15) is 0 Å². The van der Waals surface area contributed by atoms with Crippen LogP contribution in [0, 0.1) is 41.2 Å². The first-order valence-electron chi connectivity index (χ1n) is 3.51. The van der Waals surface area contributed by atoms with Crippen molar-refractivity contribution in [2.45, 2.75) is 0 Å². The molecule has 1 aromatic rings. The molecular weight excluding hydrogens is 410 g/mol. The van der Waals surface area contributed by atoms with Crippen molar-refractivity contribution in [3.63, 3.8) is 0 Å². The number of nitro groups is 1. The van der Waals surface area contributed by atoms with Crippen LogP contribution in [0.25, 0.3) is 0 Å². The molecule has 0 saturated carbocycles. The Bertz CT molecular complexity index is 343. The maximum atomic E-state index is 10.5. The van der Waals surface area contributed by atoms with E-state index in [4.69, 9.17) is 0 Å². The number of hydrogen-bond donors (Lipinski definition) is 0. The SMILES string of the molecule is CN([C-]=O)c1ccccc1[N+](=O)[O-].[U]. The second-order valence-corrected chi connectivity index (χ2v) is 2.40. The number of hydrogen-bond acceptors (Lipinski definition) is 3. The second-order valence-electron chi connectivity index (χ2n) is 2.40. The van der Waals surface area contributed by atoms with Crippen LogP contribution in [0.2, 0.25) is 0 Å². The van der Waals surface area contributed by atoms with Crippen molar-refractivity contribution in [1.82, 2.24) is 0 Å². The van der Waals surface area contributed by atoms with E-state index in [1.807, 2.05) is 0 Å². The first kappa shape index (κ1) is 13.1. The molecule has 5 nitrogen and oxygen atoms in total. The number of amides is 1. The van der Waals surface area contributed by atoms with Crippen LogP contribution in [-0.4, -0.2) is 18.4 Å². The zero-order valence-corrected chi connectivity index (χ0v) is 11.6. The fourth-order valence-corrected chi connectivity index (χ4v) is 0.951. The fourth-order valence-electron chi connectivity index (χ4n) is 0.951. The fraction of sp³-hybridized carbons (Fsp3) is 0.125. The van der Waals surface area contributed by atoms with Gasteiger partial charge in [0.2, 0.25) is 5.69 Å². The Hall–Kier alpha value is -0.858. The molecule has 0 aromatic heterocycles. The van der Waals surface area contributed by atoms with Crippen molar-refractivity contribution in [1.29, 1.82) is 0 Å². The summed E-state index contributed by atoms with van der Waals surface area (Å²) in [5.74, 6) is 0. The molecule has 0 fully saturated rings. The Morgan fingerprint density at radius 2 is 2.00 bits per heavy atom. The van der Waals surface area contributed by atoms with Crippen LogP contribution in [0.5, 0.6) is 0 Å². The third-order valence-corrected chi connectivity index (χ3v) is 1.58. The van der Waals surface area contributed by atoms with Crippen molar-refractivity contribution in [3.8, 4) is 0 Å². The molecule has 0 aliphatic carbocycles. The van der Waals surface area contributed by atoms with Crippen LogP contribution in [-0.2, 0) is 4.79 Å². The van der Waals surface area contributed by atoms with E-state index in [0.29, 0.717) is 0 Å². The Labute approximate surface area is 105 Å². The van der Waals surface area contributed by atoms with Gasteiger partial charge in [-0.25, -0.2) is 0 Å². The molecule has 0 bridgehead atoms. The number of carbonyl (C=O) groups excluding carboxylic acids is 1. The average molecular weight is 417 g/mol. The normalized spacial score (nSPS) is 8.64. The number of nitro benzene ring substituents is 1. The van der Waals surface area contributed by atoms with Crippen molar-refractivity contribution >= 4 is 17.8 Å². The summed E-state index contributed by atoms with van der Waals surface area (Å²) in [6, 6.07) is 5.99. The average Bonchev–Trinajstić information content (AvgIpc) is 2.16. The van der Waals surface area contributed by atoms with E-state index in [2.05, 4.69) is 0 Å². The largest absolute Gasteiger partial charge is 0.474 e. The van der Waals surface area contributed by atoms with Crippen LogP contribution in [0.3, 0.4) is 0 Å². The molecule has 6 heteroatoms. The van der Waals surface area contributed by atoms with Crippen LogP contribution in [0.15, 0.2) is 24.3 Å². The van der Waals surface area contributed by atoms with E-state index in [-0.39, 0.29) is 42.5 Å². The second kappa shape index (κ2) is 5.78. The Balaban J connectivity index is 0.00000169. The minimum atomic E-state index is -0.539. The van der Waals surface area contributed by atoms with Crippen molar-refractivity contribution in [3.05, 3.63) is 34.4 Å². The van der Waals surface area contributed by atoms with E-state index in [9.17, 15) is 14.9 Å². The molecule has 0 aliphatic rings. The standard InChI is InChI=1S/C8H7N2O3.U/c1-9(6-11)7-4-2-3-5-8(7)10(12)13;/h2-5H,1H3;/q-1;. The number of rotatable bonds is 3. The molecule has 0 N–H and O–H groups in total. The van der Waals surface area contributed by atoms with Crippen LogP contribution in [0.4, 0.5) is 11.4 Å². The number of benzene rings is 1. The Morgan fingerprint density at radius 3 is 2.50 bits per heavy atom. The van der Waals surface area contributed by atoms with Crippen LogP contribution < -0.4 is 4.90 Å². The van der Waals surface area contributed by atoms with Crippen molar-refractivity contribution in [2.75, 3.05) is 11.9 Å². The van der Waals surface area contributed by atoms with Crippen molar-refractivity contribution < 1.29 is 40.8 Å². The molecule has 0 spiro atoms. The summed E-state index contributed by atoms with van der Waals surface area (Å²) < 4.78 is 0. The predicted octanol–water partition coefficient (Wildman–Crippen LogP) is 1.10. The Morgan fingerprint density at radius 1 is 1.43 bits per heavy atom. The van der Waals surface area contributed by atoms with E-state index in [1.165, 1.54) is 19.2 Å². The van der Waals surface area contributed by atoms with Gasteiger partial charge in [0.05, 0.1) is 6.41 Å². The summed E-state index contributed by atoms with van der Waals surface area (Å²) in [6.07, 6.45) is 1.56. The molecule has 1 aromatic carbocycles. The van der Waals surface area contributed by atoms with E-state index < -0.39 is 4.92 Å². The molecule has 0 aliphatic heterocycles. The molecule has 14 heavy (non-hydrogen) atoms. The number of para-hydroxylation sites is 2. The summed E-state index contributed by atoms with van der Waals surface area (Å²) in [6.45, 7) is 0. The molecule has 72 valence electrons. The van der Waals surface area contributed by atoms with Crippen LogP contribution in [0.1, 0.15) is 0 Å². The van der Waals surface area contributed by atoms with Gasteiger partial charge in [0.1, 0.15) is 0 Å². The van der Waals surface area contributed by atoms with Gasteiger partial charge in [-0.15, -0.1) is 6.07 Å². The molecule has 0 atom stereocenters. The zero-order valence-electron chi connectivity index (χ0n) is 7.43. The monoisotopic (exact) mass is 417 g/mol. The maximum Gasteiger partial charge on any atom is 0.215 e. The summed E-state index contributed by atoms with van der Waals surface area (Å²) in [4.78, 5) is 21.3. The molecule has 1 amide bonds. The zero-order chi connectivity index (χ0) is 9.84. The quantitative estimate of drug-likeness (QED) is 0.320. The molecule has 0 heterocycles. The minimum absolute atomic E-state index is 0. The smallest absolute Gasteiger partial charge is 0.215 e. The first-order chi connectivity index (χ1) is 6.16. The van der Waals surface area contributed by atoms with Gasteiger partial charge >= 0.3 is 0 Å². The molecule has 0 radical (unpaired) electrons. The van der Waals surface area contributed by atoms with Gasteiger partial charge < -0.3 is 9.69 Å². The molecule has 0 saturated heterocycles. The summed E-state index contributed by atoms with van der Waals surface area (Å²) in [7, 11) is 1.41. The minimum Gasteiger partial charge on any atom is -0.474 e. The van der Waals surface area contributed by atoms with Gasteiger partial charge in [-0.05, 0) is 18.8 Å². The third kappa shape index (κ3) is 2.82. The Kier molecular flexibility index (Phi) is 5.43. The van der Waals surface area contributed by atoms with Gasteiger partial charge in [-0.3, -0.25) is 10.1 Å². The number of nitrogens with zero attached hydrogens (tertiary/aromatic N) is 2. The van der Waals surface area contributed by atoms with E-state index in [1.54, 1.807) is 18.5 Å². The van der Waals surface area contributed by atoms with Gasteiger partial charge in [0.25, 0.3) is 0 Å². The van der Waals surface area contributed by atoms with Crippen LogP contribution >= 0.6 is 0 Å². The summed E-state index contributed by atoms with van der Waals surface area (Å²) in [5.41, 5.74) is 0.135. The number of anilines is 1. The molecule has 1 rings (SSSR count). The van der Waals surface area contributed by atoms with Crippen molar-refractivity contribution in [2.24, 2.45) is 0 Å². The molecular formula is C8H7N2O3U-. The maximum absolute atomic E-state index is 10.5. The first-order valence-corrected chi connectivity index (χ1v) is 3.51. The van der Waals surface area contributed by atoms with Gasteiger partial charge in [0.15, 0.2) is 0 Å². The third-order valence-electron chi connectivity index (χ3n) is 1.58. The predicted molar refractivity (Wildman–Crippen MR) is 47.2 cm³/mol. The van der Waals surface area contributed by atoms with E-state index >= 15 is 0 Å².